The van der Waals surface area contributed by atoms with E-state index in [1.54, 1.807) is 22.5 Å². The normalized spacial score (nSPS) is 14.0. The highest BCUT2D eigenvalue weighted by molar-refractivity contribution is 5.91. The van der Waals surface area contributed by atoms with E-state index in [0.29, 0.717) is 36.9 Å². The molecule has 2 amide bonds. The lowest BCUT2D eigenvalue weighted by molar-refractivity contribution is -0.132. The van der Waals surface area contributed by atoms with Crippen LogP contribution in [0.2, 0.25) is 0 Å². The van der Waals surface area contributed by atoms with Crippen molar-refractivity contribution in [3.8, 4) is 0 Å². The largest absolute Gasteiger partial charge is 0.364 e. The van der Waals surface area contributed by atoms with Gasteiger partial charge in [-0.15, -0.1) is 0 Å². The molecular formula is C13H15N5O3. The van der Waals surface area contributed by atoms with E-state index in [0.717, 1.165) is 5.69 Å². The smallest absolute Gasteiger partial charge is 0.266 e. The van der Waals surface area contributed by atoms with Gasteiger partial charge in [-0.2, -0.15) is 0 Å². The van der Waals surface area contributed by atoms with Gasteiger partial charge in [0.1, 0.15) is 17.3 Å². The van der Waals surface area contributed by atoms with E-state index in [4.69, 9.17) is 10.3 Å². The molecular weight excluding hydrogens is 274 g/mol. The van der Waals surface area contributed by atoms with Crippen LogP contribution in [-0.2, 0) is 24.3 Å². The number of rotatable bonds is 3. The summed E-state index contributed by atoms with van der Waals surface area (Å²) < 4.78 is 6.81. The Labute approximate surface area is 120 Å². The second-order valence-electron chi connectivity index (χ2n) is 5.00. The Kier molecular flexibility index (Phi) is 3.20. The maximum Gasteiger partial charge on any atom is 0.266 e. The first-order chi connectivity index (χ1) is 10.0. The van der Waals surface area contributed by atoms with Crippen molar-refractivity contribution in [3.05, 3.63) is 35.2 Å². The van der Waals surface area contributed by atoms with Crippen molar-refractivity contribution in [2.75, 3.05) is 6.54 Å². The minimum atomic E-state index is -0.509. The van der Waals surface area contributed by atoms with Crippen LogP contribution >= 0.6 is 0 Å². The Bertz CT molecular complexity index is 702. The molecule has 1 aliphatic rings. The van der Waals surface area contributed by atoms with Gasteiger partial charge in [0.25, 0.3) is 5.91 Å². The van der Waals surface area contributed by atoms with Crippen LogP contribution in [0, 0.1) is 6.92 Å². The van der Waals surface area contributed by atoms with E-state index < -0.39 is 5.91 Å². The predicted molar refractivity (Wildman–Crippen MR) is 71.1 cm³/mol. The quantitative estimate of drug-likeness (QED) is 0.846. The average Bonchev–Trinajstić information content (AvgIpc) is 3.04. The van der Waals surface area contributed by atoms with Crippen LogP contribution in [-0.4, -0.2) is 38.0 Å². The second-order valence-corrected chi connectivity index (χ2v) is 5.00. The van der Waals surface area contributed by atoms with Gasteiger partial charge < -0.3 is 19.7 Å². The highest BCUT2D eigenvalue weighted by Gasteiger charge is 2.25. The molecule has 0 aromatic carbocycles. The molecule has 2 aromatic heterocycles. The fraction of sp³-hybridized carbons (Fsp3) is 0.385. The molecule has 0 saturated carbocycles. The van der Waals surface area contributed by atoms with Gasteiger partial charge in [-0.1, -0.05) is 5.16 Å². The molecule has 21 heavy (non-hydrogen) atoms. The van der Waals surface area contributed by atoms with E-state index in [1.807, 2.05) is 0 Å². The summed E-state index contributed by atoms with van der Waals surface area (Å²) in [6.45, 7) is 3.18. The van der Waals surface area contributed by atoms with Gasteiger partial charge in [0.05, 0.1) is 24.9 Å². The summed E-state index contributed by atoms with van der Waals surface area (Å²) in [6.07, 6.45) is 1.62. The number of aryl methyl sites for hydroxylation is 1. The van der Waals surface area contributed by atoms with E-state index in [-0.39, 0.29) is 12.3 Å². The first-order valence-electron chi connectivity index (χ1n) is 6.59. The van der Waals surface area contributed by atoms with Gasteiger partial charge in [-0.25, -0.2) is 4.98 Å². The third-order valence-corrected chi connectivity index (χ3v) is 3.47. The highest BCUT2D eigenvalue weighted by Crippen LogP contribution is 2.15. The number of hydrogen-bond donors (Lipinski definition) is 1. The summed E-state index contributed by atoms with van der Waals surface area (Å²) in [4.78, 5) is 29.3. The number of nitrogens with zero attached hydrogens (tertiary/aromatic N) is 4. The van der Waals surface area contributed by atoms with Gasteiger partial charge >= 0.3 is 0 Å². The molecule has 2 N–H and O–H groups in total. The van der Waals surface area contributed by atoms with Gasteiger partial charge in [-0.05, 0) is 6.92 Å². The topological polar surface area (TPSA) is 107 Å². The minimum absolute atomic E-state index is 0.0546. The first-order valence-corrected chi connectivity index (χ1v) is 6.59. The monoisotopic (exact) mass is 289 g/mol. The fourth-order valence-corrected chi connectivity index (χ4v) is 2.43. The highest BCUT2D eigenvalue weighted by atomic mass is 16.5. The van der Waals surface area contributed by atoms with Crippen molar-refractivity contribution in [2.45, 2.75) is 26.4 Å². The molecule has 0 unspecified atom stereocenters. The molecule has 0 spiro atoms. The van der Waals surface area contributed by atoms with Gasteiger partial charge in [0.2, 0.25) is 5.91 Å². The summed E-state index contributed by atoms with van der Waals surface area (Å²) in [6, 6.07) is 1.74. The zero-order valence-corrected chi connectivity index (χ0v) is 11.6. The lowest BCUT2D eigenvalue weighted by Gasteiger charge is -2.28. The Morgan fingerprint density at radius 3 is 2.90 bits per heavy atom. The molecule has 0 radical (unpaired) electrons. The Morgan fingerprint density at radius 1 is 1.43 bits per heavy atom. The van der Waals surface area contributed by atoms with Crippen molar-refractivity contribution >= 4 is 11.8 Å². The zero-order valence-electron chi connectivity index (χ0n) is 11.6. The van der Waals surface area contributed by atoms with E-state index >= 15 is 0 Å². The number of fused-ring (bicyclic) bond motifs is 1. The summed E-state index contributed by atoms with van der Waals surface area (Å²) in [7, 11) is 0. The van der Waals surface area contributed by atoms with E-state index in [1.165, 1.54) is 6.20 Å². The lowest BCUT2D eigenvalue weighted by atomic mass is 10.2. The molecule has 0 atom stereocenters. The molecule has 8 heteroatoms. The molecule has 1 aliphatic heterocycles. The van der Waals surface area contributed by atoms with Gasteiger partial charge in [-0.3, -0.25) is 9.59 Å². The summed E-state index contributed by atoms with van der Waals surface area (Å²) >= 11 is 0. The number of aromatic nitrogens is 3. The molecule has 110 valence electrons. The summed E-state index contributed by atoms with van der Waals surface area (Å²) in [5, 5.41) is 3.76. The Hall–Kier alpha value is -2.64. The van der Waals surface area contributed by atoms with Crippen LogP contribution < -0.4 is 5.73 Å². The fourth-order valence-electron chi connectivity index (χ4n) is 2.43. The summed E-state index contributed by atoms with van der Waals surface area (Å²) in [5.41, 5.74) is 6.41. The molecule has 2 aromatic rings. The predicted octanol–water partition coefficient (Wildman–Crippen LogP) is -0.137. The second kappa shape index (κ2) is 5.04. The van der Waals surface area contributed by atoms with Crippen LogP contribution in [0.4, 0.5) is 0 Å². The number of carbonyl (C=O) groups excluding carboxylic acids is 2. The average molecular weight is 289 g/mol. The van der Waals surface area contributed by atoms with Crippen molar-refractivity contribution in [3.63, 3.8) is 0 Å². The SMILES string of the molecule is Cc1cc(CC(=O)N2CCn3c(C(N)=O)cnc3C2)on1. The number of imidazole rings is 1. The number of primary amides is 1. The van der Waals surface area contributed by atoms with Gasteiger partial charge in [0.15, 0.2) is 0 Å². The molecule has 3 rings (SSSR count). The molecule has 8 nitrogen and oxygen atoms in total. The molecule has 0 saturated heterocycles. The number of amides is 2. The third kappa shape index (κ3) is 2.51. The molecule has 0 bridgehead atoms. The van der Waals surface area contributed by atoms with Crippen LogP contribution in [0.5, 0.6) is 0 Å². The Balaban J connectivity index is 1.71. The number of hydrogen-bond acceptors (Lipinski definition) is 5. The standard InChI is InChI=1S/C13H15N5O3/c1-8-4-9(21-16-8)5-12(19)17-2-3-18-10(13(14)20)6-15-11(18)7-17/h4,6H,2-3,5,7H2,1H3,(H2,14,20). The molecule has 3 heterocycles. The minimum Gasteiger partial charge on any atom is -0.364 e. The van der Waals surface area contributed by atoms with E-state index in [9.17, 15) is 9.59 Å². The van der Waals surface area contributed by atoms with E-state index in [2.05, 4.69) is 10.1 Å². The van der Waals surface area contributed by atoms with Crippen LogP contribution in [0.1, 0.15) is 27.8 Å². The number of carbonyl (C=O) groups is 2. The van der Waals surface area contributed by atoms with Crippen LogP contribution in [0.15, 0.2) is 16.8 Å². The van der Waals surface area contributed by atoms with Crippen LogP contribution in [0.25, 0.3) is 0 Å². The third-order valence-electron chi connectivity index (χ3n) is 3.47. The van der Waals surface area contributed by atoms with Crippen molar-refractivity contribution in [1.29, 1.82) is 0 Å². The van der Waals surface area contributed by atoms with Gasteiger partial charge in [0, 0.05) is 19.2 Å². The van der Waals surface area contributed by atoms with Crippen molar-refractivity contribution < 1.29 is 14.1 Å². The molecule has 0 fully saturated rings. The first kappa shape index (κ1) is 13.3. The lowest BCUT2D eigenvalue weighted by Crippen LogP contribution is -2.40. The van der Waals surface area contributed by atoms with Crippen LogP contribution in [0.3, 0.4) is 0 Å². The maximum atomic E-state index is 12.2. The zero-order chi connectivity index (χ0) is 15.0. The maximum absolute atomic E-state index is 12.2. The molecule has 0 aliphatic carbocycles. The summed E-state index contributed by atoms with van der Waals surface area (Å²) in [5.74, 6) is 0.646. The Morgan fingerprint density at radius 2 is 2.24 bits per heavy atom. The number of nitrogens with two attached hydrogens (primary N) is 1. The van der Waals surface area contributed by atoms with Crippen molar-refractivity contribution in [2.24, 2.45) is 5.73 Å². The van der Waals surface area contributed by atoms with Crippen molar-refractivity contribution in [1.82, 2.24) is 19.6 Å².